The average molecular weight is 557 g/mol. The Balaban J connectivity index is 1.23. The number of halogens is 4. The van der Waals surface area contributed by atoms with Crippen molar-refractivity contribution in [1.29, 1.82) is 0 Å². The van der Waals surface area contributed by atoms with E-state index in [0.717, 1.165) is 24.5 Å². The minimum atomic E-state index is -4.58. The molecule has 3 aromatic carbocycles. The molecule has 0 radical (unpaired) electrons. The molecule has 2 fully saturated rings. The van der Waals surface area contributed by atoms with Crippen molar-refractivity contribution in [1.82, 2.24) is 10.2 Å². The lowest BCUT2D eigenvalue weighted by molar-refractivity contribution is -0.137. The maximum atomic E-state index is 13.5. The van der Waals surface area contributed by atoms with Gasteiger partial charge in [-0.1, -0.05) is 78.3 Å². The summed E-state index contributed by atoms with van der Waals surface area (Å²) in [6, 6.07) is 23.5. The molecule has 5 rings (SSSR count). The van der Waals surface area contributed by atoms with Gasteiger partial charge in [-0.2, -0.15) is 13.2 Å². The third-order valence-corrected chi connectivity index (χ3v) is 8.64. The van der Waals surface area contributed by atoms with Gasteiger partial charge in [0.25, 0.3) is 0 Å². The molecule has 1 aliphatic carbocycles. The van der Waals surface area contributed by atoms with Crippen molar-refractivity contribution in [3.05, 3.63) is 106 Å². The number of carbonyl (C=O) groups is 1. The van der Waals surface area contributed by atoms with Crippen molar-refractivity contribution in [2.45, 2.75) is 42.9 Å². The van der Waals surface area contributed by atoms with E-state index in [9.17, 15) is 23.1 Å². The van der Waals surface area contributed by atoms with Crippen LogP contribution in [0.4, 0.5) is 13.2 Å². The van der Waals surface area contributed by atoms with Crippen LogP contribution in [0.2, 0.25) is 5.02 Å². The van der Waals surface area contributed by atoms with E-state index in [0.29, 0.717) is 39.0 Å². The van der Waals surface area contributed by atoms with Crippen LogP contribution in [0.1, 0.15) is 41.5 Å². The minimum Gasteiger partial charge on any atom is -0.385 e. The zero-order valence-electron chi connectivity index (χ0n) is 21.6. The molecule has 4 nitrogen and oxygen atoms in total. The average Bonchev–Trinajstić information content (AvgIpc) is 3.65. The number of hydrogen-bond acceptors (Lipinski definition) is 3. The van der Waals surface area contributed by atoms with Crippen molar-refractivity contribution in [3.8, 4) is 0 Å². The number of rotatable bonds is 8. The molecular formula is C31H32ClF3N2O2. The van der Waals surface area contributed by atoms with Crippen LogP contribution in [0.25, 0.3) is 0 Å². The maximum absolute atomic E-state index is 13.5. The molecule has 2 aliphatic rings. The molecule has 39 heavy (non-hydrogen) atoms. The number of alkyl halides is 3. The van der Waals surface area contributed by atoms with E-state index in [-0.39, 0.29) is 22.4 Å². The highest BCUT2D eigenvalue weighted by atomic mass is 35.5. The molecular weight excluding hydrogens is 525 g/mol. The van der Waals surface area contributed by atoms with Crippen LogP contribution in [-0.4, -0.2) is 42.1 Å². The summed E-state index contributed by atoms with van der Waals surface area (Å²) in [7, 11) is 0. The number of nitrogens with zero attached hydrogens (tertiary/aromatic N) is 1. The van der Waals surface area contributed by atoms with Gasteiger partial charge in [0.1, 0.15) is 0 Å². The van der Waals surface area contributed by atoms with Crippen LogP contribution >= 0.6 is 11.6 Å². The number of piperidine rings is 1. The molecule has 0 aromatic heterocycles. The molecule has 206 valence electrons. The predicted molar refractivity (Wildman–Crippen MR) is 145 cm³/mol. The lowest BCUT2D eigenvalue weighted by Gasteiger charge is -2.39. The number of aliphatic hydroxyl groups is 1. The van der Waals surface area contributed by atoms with E-state index in [1.807, 2.05) is 60.7 Å². The van der Waals surface area contributed by atoms with Crippen molar-refractivity contribution >= 4 is 17.5 Å². The Hall–Kier alpha value is -2.87. The fourth-order valence-electron chi connectivity index (χ4n) is 5.91. The molecule has 1 amide bonds. The van der Waals surface area contributed by atoms with E-state index in [2.05, 4.69) is 10.2 Å². The molecule has 1 aliphatic heterocycles. The Labute approximate surface area is 231 Å². The van der Waals surface area contributed by atoms with Crippen LogP contribution in [0.15, 0.2) is 78.9 Å². The number of nitrogens with one attached hydrogen (secondary N) is 1. The number of amides is 1. The van der Waals surface area contributed by atoms with E-state index in [1.54, 1.807) is 0 Å². The zero-order chi connectivity index (χ0) is 27.7. The Morgan fingerprint density at radius 1 is 0.974 bits per heavy atom. The quantitative estimate of drug-likeness (QED) is 0.360. The molecule has 8 heteroatoms. The molecule has 2 atom stereocenters. The summed E-state index contributed by atoms with van der Waals surface area (Å²) in [5.41, 5.74) is -0.466. The van der Waals surface area contributed by atoms with E-state index in [1.165, 1.54) is 17.7 Å². The Bertz CT molecular complexity index is 1290. The fraction of sp³-hybridized carbons (Fsp3) is 0.387. The largest absolute Gasteiger partial charge is 0.417 e. The van der Waals surface area contributed by atoms with Crippen LogP contribution in [-0.2, 0) is 28.4 Å². The molecule has 1 saturated heterocycles. The first-order valence-electron chi connectivity index (χ1n) is 13.3. The normalized spacial score (nSPS) is 22.8. The second-order valence-electron chi connectivity index (χ2n) is 10.8. The highest BCUT2D eigenvalue weighted by Crippen LogP contribution is 2.55. The van der Waals surface area contributed by atoms with E-state index in [4.69, 9.17) is 11.6 Å². The van der Waals surface area contributed by atoms with E-state index < -0.39 is 22.8 Å². The molecule has 2 N–H and O–H groups in total. The third kappa shape index (κ3) is 5.86. The predicted octanol–water partition coefficient (Wildman–Crippen LogP) is 5.96. The van der Waals surface area contributed by atoms with Gasteiger partial charge >= 0.3 is 6.18 Å². The Morgan fingerprint density at radius 2 is 1.62 bits per heavy atom. The minimum absolute atomic E-state index is 0.0315. The van der Waals surface area contributed by atoms with Gasteiger partial charge in [-0.15, -0.1) is 0 Å². The highest BCUT2D eigenvalue weighted by molar-refractivity contribution is 6.31. The summed E-state index contributed by atoms with van der Waals surface area (Å²) in [6.07, 6.45) is -2.48. The van der Waals surface area contributed by atoms with Gasteiger partial charge in [0, 0.05) is 26.2 Å². The van der Waals surface area contributed by atoms with Crippen LogP contribution in [0.3, 0.4) is 0 Å². The first kappa shape index (κ1) is 27.7. The Morgan fingerprint density at radius 3 is 2.26 bits per heavy atom. The zero-order valence-corrected chi connectivity index (χ0v) is 22.3. The maximum Gasteiger partial charge on any atom is 0.417 e. The summed E-state index contributed by atoms with van der Waals surface area (Å²) in [5, 5.41) is 14.0. The highest BCUT2D eigenvalue weighted by Gasteiger charge is 2.61. The van der Waals surface area contributed by atoms with Crippen LogP contribution in [0, 0.1) is 5.92 Å². The monoisotopic (exact) mass is 556 g/mol. The molecule has 0 spiro atoms. The van der Waals surface area contributed by atoms with Crippen LogP contribution < -0.4 is 5.32 Å². The fourth-order valence-corrected chi connectivity index (χ4v) is 6.13. The second-order valence-corrected chi connectivity index (χ2v) is 11.2. The second kappa shape index (κ2) is 11.0. The summed E-state index contributed by atoms with van der Waals surface area (Å²) >= 11 is 5.78. The van der Waals surface area contributed by atoms with Crippen LogP contribution in [0.5, 0.6) is 0 Å². The molecule has 3 aromatic rings. The van der Waals surface area contributed by atoms with Crippen molar-refractivity contribution in [2.75, 3.05) is 26.2 Å². The number of carbonyl (C=O) groups excluding carboxylic acids is 1. The number of likely N-dealkylation sites (tertiary alicyclic amines) is 1. The van der Waals surface area contributed by atoms with Crippen molar-refractivity contribution in [3.63, 3.8) is 0 Å². The van der Waals surface area contributed by atoms with Gasteiger partial charge in [-0.3, -0.25) is 4.79 Å². The first-order chi connectivity index (χ1) is 18.6. The topological polar surface area (TPSA) is 52.6 Å². The lowest BCUT2D eigenvalue weighted by atomic mass is 9.83. The smallest absolute Gasteiger partial charge is 0.385 e. The van der Waals surface area contributed by atoms with E-state index >= 15 is 0 Å². The summed E-state index contributed by atoms with van der Waals surface area (Å²) in [4.78, 5) is 15.7. The van der Waals surface area contributed by atoms with Crippen molar-refractivity contribution in [2.24, 2.45) is 5.92 Å². The Kier molecular flexibility index (Phi) is 7.77. The van der Waals surface area contributed by atoms with Gasteiger partial charge in [0.05, 0.1) is 21.6 Å². The molecule has 1 heterocycles. The summed E-state index contributed by atoms with van der Waals surface area (Å²) < 4.78 is 40.1. The van der Waals surface area contributed by atoms with Gasteiger partial charge in [0.15, 0.2) is 0 Å². The van der Waals surface area contributed by atoms with Gasteiger partial charge in [-0.05, 0) is 60.4 Å². The van der Waals surface area contributed by atoms with Crippen molar-refractivity contribution < 1.29 is 23.1 Å². The summed E-state index contributed by atoms with van der Waals surface area (Å²) in [6.45, 7) is 2.29. The van der Waals surface area contributed by atoms with Gasteiger partial charge in [-0.25, -0.2) is 0 Å². The number of benzene rings is 3. The SMILES string of the molecule is O=C(NCCc1ccccc1)[C@@]1(c2ccccc2)C[C@H]1CN1CCC(O)(c2ccc(Cl)c(C(F)(F)F)c2)CC1. The van der Waals surface area contributed by atoms with Gasteiger partial charge < -0.3 is 15.3 Å². The standard InChI is InChI=1S/C31H32ClF3N2O2/c32-27-12-11-24(19-26(27)31(33,34)35)29(39)14-17-37(18-15-29)21-25-20-30(25,23-9-5-2-6-10-23)28(38)36-16-13-22-7-3-1-4-8-22/h1-12,19,25,39H,13-18,20-21H2,(H,36,38)/t25-,30+/m0/s1. The lowest BCUT2D eigenvalue weighted by Crippen LogP contribution is -2.44. The molecule has 0 bridgehead atoms. The summed E-state index contributed by atoms with van der Waals surface area (Å²) in [5.74, 6) is 0.152. The molecule has 0 unspecified atom stereocenters. The number of hydrogen-bond donors (Lipinski definition) is 2. The third-order valence-electron chi connectivity index (χ3n) is 8.31. The first-order valence-corrected chi connectivity index (χ1v) is 13.7. The van der Waals surface area contributed by atoms with Gasteiger partial charge in [0.2, 0.25) is 5.91 Å². The molecule has 1 saturated carbocycles.